The maximum Gasteiger partial charge on any atom is 0.340 e. The number of urea groups is 1. The van der Waals surface area contributed by atoms with Crippen molar-refractivity contribution in [2.45, 2.75) is 12.3 Å². The Morgan fingerprint density at radius 3 is 2.72 bits per heavy atom. The van der Waals surface area contributed by atoms with Gasteiger partial charge < -0.3 is 9.64 Å². The lowest BCUT2D eigenvalue weighted by Crippen LogP contribution is -2.36. The van der Waals surface area contributed by atoms with Crippen LogP contribution in [0, 0.1) is 5.92 Å². The van der Waals surface area contributed by atoms with Crippen molar-refractivity contribution in [1.29, 1.82) is 0 Å². The number of rotatable bonds is 4. The topological polar surface area (TPSA) is 61.8 Å². The summed E-state index contributed by atoms with van der Waals surface area (Å²) in [4.78, 5) is 12.6. The number of methoxy groups -OCH3 is 1. The minimum absolute atomic E-state index is 0.463. The molecule has 1 fully saturated rings. The maximum absolute atomic E-state index is 11.2. The van der Waals surface area contributed by atoms with Crippen LogP contribution in [0.5, 0.6) is 5.75 Å². The van der Waals surface area contributed by atoms with Crippen LogP contribution in [-0.2, 0) is 0 Å². The van der Waals surface area contributed by atoms with E-state index in [4.69, 9.17) is 9.94 Å². The van der Waals surface area contributed by atoms with Gasteiger partial charge in [-0.1, -0.05) is 12.1 Å². The molecule has 2 unspecified atom stereocenters. The molecule has 98 valence electrons. The molecule has 2 rings (SSSR count). The Kier molecular flexibility index (Phi) is 3.72. The molecular weight excluding hydrogens is 232 g/mol. The van der Waals surface area contributed by atoms with Crippen LogP contribution in [0.1, 0.15) is 17.9 Å². The van der Waals surface area contributed by atoms with E-state index in [1.54, 1.807) is 19.6 Å². The predicted octanol–water partition coefficient (Wildman–Crippen LogP) is 1.83. The first-order valence-corrected chi connectivity index (χ1v) is 5.95. The third-order valence-corrected chi connectivity index (χ3v) is 3.42. The first-order chi connectivity index (χ1) is 8.65. The number of hydrogen-bond acceptors (Lipinski definition) is 3. The zero-order chi connectivity index (χ0) is 13.1. The zero-order valence-electron chi connectivity index (χ0n) is 10.6. The number of carbonyl (C=O) groups excluding carboxylic acids is 1. The summed E-state index contributed by atoms with van der Waals surface area (Å²) in [7, 11) is 3.33. The quantitative estimate of drug-likeness (QED) is 0.633. The van der Waals surface area contributed by atoms with Crippen LogP contribution in [0.4, 0.5) is 4.79 Å². The Bertz CT molecular complexity index is 419. The van der Waals surface area contributed by atoms with Crippen LogP contribution < -0.4 is 10.2 Å². The molecule has 0 bridgehead atoms. The molecular formula is C13H18N2O3. The van der Waals surface area contributed by atoms with Gasteiger partial charge in [-0.25, -0.2) is 10.3 Å². The van der Waals surface area contributed by atoms with E-state index < -0.39 is 6.03 Å². The van der Waals surface area contributed by atoms with Crippen LogP contribution in [0.25, 0.3) is 0 Å². The molecule has 0 heterocycles. The molecule has 1 aliphatic carbocycles. The first-order valence-electron chi connectivity index (χ1n) is 5.95. The normalized spacial score (nSPS) is 21.3. The summed E-state index contributed by atoms with van der Waals surface area (Å²) in [6.45, 7) is 0.656. The Hall–Kier alpha value is -1.75. The monoisotopic (exact) mass is 250 g/mol. The fourth-order valence-electron chi connectivity index (χ4n) is 2.23. The Morgan fingerprint density at radius 1 is 1.50 bits per heavy atom. The van der Waals surface area contributed by atoms with Gasteiger partial charge in [0.2, 0.25) is 0 Å². The van der Waals surface area contributed by atoms with Crippen LogP contribution in [0.3, 0.4) is 0 Å². The number of hydroxylamine groups is 1. The summed E-state index contributed by atoms with van der Waals surface area (Å²) in [5.74, 6) is 1.83. The summed E-state index contributed by atoms with van der Waals surface area (Å²) in [5.41, 5.74) is 2.91. The molecule has 2 atom stereocenters. The van der Waals surface area contributed by atoms with Gasteiger partial charge in [-0.2, -0.15) is 0 Å². The first kappa shape index (κ1) is 12.7. The van der Waals surface area contributed by atoms with Gasteiger partial charge in [0.05, 0.1) is 7.11 Å². The molecule has 0 aromatic heterocycles. The molecule has 1 aromatic carbocycles. The van der Waals surface area contributed by atoms with Crippen molar-refractivity contribution in [3.63, 3.8) is 0 Å². The third-order valence-electron chi connectivity index (χ3n) is 3.42. The van der Waals surface area contributed by atoms with Crippen molar-refractivity contribution in [3.8, 4) is 5.75 Å². The van der Waals surface area contributed by atoms with Crippen molar-refractivity contribution in [3.05, 3.63) is 29.8 Å². The summed E-state index contributed by atoms with van der Waals surface area (Å²) in [5, 5.41) is 8.52. The minimum atomic E-state index is -0.463. The number of nitrogens with one attached hydrogen (secondary N) is 1. The minimum Gasteiger partial charge on any atom is -0.497 e. The second kappa shape index (κ2) is 5.27. The number of amides is 2. The fourth-order valence-corrected chi connectivity index (χ4v) is 2.23. The van der Waals surface area contributed by atoms with E-state index in [0.717, 1.165) is 12.2 Å². The molecule has 0 saturated heterocycles. The standard InChI is InChI=1S/C13H18N2O3/c1-15(13(16)14-17)8-10-7-12(10)9-3-5-11(18-2)6-4-9/h3-6,10,12,17H,7-8H2,1-2H3,(H,14,16). The molecule has 2 amide bonds. The van der Waals surface area contributed by atoms with Gasteiger partial charge in [-0.3, -0.25) is 5.21 Å². The van der Waals surface area contributed by atoms with Gasteiger partial charge >= 0.3 is 6.03 Å². The highest BCUT2D eigenvalue weighted by molar-refractivity contribution is 5.72. The van der Waals surface area contributed by atoms with E-state index in [0.29, 0.717) is 18.4 Å². The predicted molar refractivity (Wildman–Crippen MR) is 66.8 cm³/mol. The lowest BCUT2D eigenvalue weighted by Gasteiger charge is -2.15. The Balaban J connectivity index is 1.88. The van der Waals surface area contributed by atoms with E-state index in [1.165, 1.54) is 10.5 Å². The molecule has 1 saturated carbocycles. The van der Waals surface area contributed by atoms with Crippen molar-refractivity contribution < 1.29 is 14.7 Å². The molecule has 0 radical (unpaired) electrons. The van der Waals surface area contributed by atoms with Gasteiger partial charge in [0.15, 0.2) is 0 Å². The van der Waals surface area contributed by atoms with Gasteiger partial charge in [-0.05, 0) is 36.0 Å². The van der Waals surface area contributed by atoms with Crippen molar-refractivity contribution >= 4 is 6.03 Å². The number of ether oxygens (including phenoxy) is 1. The average Bonchev–Trinajstić information content (AvgIpc) is 3.17. The van der Waals surface area contributed by atoms with E-state index in [2.05, 4.69) is 12.1 Å². The molecule has 1 aliphatic rings. The van der Waals surface area contributed by atoms with Gasteiger partial charge in [-0.15, -0.1) is 0 Å². The number of nitrogens with zero attached hydrogens (tertiary/aromatic N) is 1. The highest BCUT2D eigenvalue weighted by atomic mass is 16.5. The summed E-state index contributed by atoms with van der Waals surface area (Å²) in [6.07, 6.45) is 1.08. The average molecular weight is 250 g/mol. The third kappa shape index (κ3) is 2.73. The zero-order valence-corrected chi connectivity index (χ0v) is 10.6. The van der Waals surface area contributed by atoms with Crippen LogP contribution in [0.2, 0.25) is 0 Å². The van der Waals surface area contributed by atoms with Crippen molar-refractivity contribution in [1.82, 2.24) is 10.4 Å². The highest BCUT2D eigenvalue weighted by Crippen LogP contribution is 2.47. The smallest absolute Gasteiger partial charge is 0.340 e. The maximum atomic E-state index is 11.2. The molecule has 1 aromatic rings. The van der Waals surface area contributed by atoms with Gasteiger partial charge in [0, 0.05) is 13.6 Å². The molecule has 2 N–H and O–H groups in total. The SMILES string of the molecule is COc1ccc(C2CC2CN(C)C(=O)NO)cc1. The molecule has 0 spiro atoms. The molecule has 5 nitrogen and oxygen atoms in total. The van der Waals surface area contributed by atoms with Crippen LogP contribution in [0.15, 0.2) is 24.3 Å². The van der Waals surface area contributed by atoms with E-state index in [9.17, 15) is 4.79 Å². The van der Waals surface area contributed by atoms with Crippen molar-refractivity contribution in [2.24, 2.45) is 5.92 Å². The van der Waals surface area contributed by atoms with E-state index in [-0.39, 0.29) is 0 Å². The number of hydrogen-bond donors (Lipinski definition) is 2. The lowest BCUT2D eigenvalue weighted by molar-refractivity contribution is 0.135. The number of carbonyl (C=O) groups is 1. The van der Waals surface area contributed by atoms with Crippen LogP contribution in [-0.4, -0.2) is 36.8 Å². The Morgan fingerprint density at radius 2 is 2.17 bits per heavy atom. The lowest BCUT2D eigenvalue weighted by atomic mass is 10.1. The van der Waals surface area contributed by atoms with Crippen molar-refractivity contribution in [2.75, 3.05) is 20.7 Å². The van der Waals surface area contributed by atoms with Gasteiger partial charge in [0.1, 0.15) is 5.75 Å². The summed E-state index contributed by atoms with van der Waals surface area (Å²) < 4.78 is 5.12. The molecule has 18 heavy (non-hydrogen) atoms. The number of benzene rings is 1. The second-order valence-corrected chi connectivity index (χ2v) is 4.67. The van der Waals surface area contributed by atoms with E-state index in [1.807, 2.05) is 12.1 Å². The van der Waals surface area contributed by atoms with Gasteiger partial charge in [0.25, 0.3) is 0 Å². The van der Waals surface area contributed by atoms with E-state index >= 15 is 0 Å². The molecule has 5 heteroatoms. The molecule has 0 aliphatic heterocycles. The Labute approximate surface area is 106 Å². The summed E-state index contributed by atoms with van der Waals surface area (Å²) in [6, 6.07) is 7.57. The largest absolute Gasteiger partial charge is 0.497 e. The highest BCUT2D eigenvalue weighted by Gasteiger charge is 2.39. The summed E-state index contributed by atoms with van der Waals surface area (Å²) >= 11 is 0. The second-order valence-electron chi connectivity index (χ2n) is 4.67. The van der Waals surface area contributed by atoms with Crippen LogP contribution >= 0.6 is 0 Å². The fraction of sp³-hybridized carbons (Fsp3) is 0.462.